The number of carbonyl (C=O) groups is 2. The standard InChI is InChI=1S/C14H24O5/c1-3-7-11-14(4-2,19-11)10-18-13(17)9-6-5-8-12(15)16/h11H,3-10H2,1-2H3,(H,15,16). The molecule has 0 bridgehead atoms. The van der Waals surface area contributed by atoms with Gasteiger partial charge >= 0.3 is 11.9 Å². The predicted octanol–water partition coefficient (Wildman–Crippen LogP) is 2.52. The number of hydrogen-bond donors (Lipinski definition) is 1. The van der Waals surface area contributed by atoms with Crippen LogP contribution in [0.3, 0.4) is 0 Å². The Hall–Kier alpha value is -1.10. The highest BCUT2D eigenvalue weighted by atomic mass is 16.6. The molecule has 0 radical (unpaired) electrons. The van der Waals surface area contributed by atoms with Crippen LogP contribution in [0, 0.1) is 0 Å². The smallest absolute Gasteiger partial charge is 0.305 e. The van der Waals surface area contributed by atoms with Crippen LogP contribution < -0.4 is 0 Å². The Labute approximate surface area is 114 Å². The Balaban J connectivity index is 2.14. The first-order valence-electron chi connectivity index (χ1n) is 7.09. The van der Waals surface area contributed by atoms with Gasteiger partial charge in [0, 0.05) is 12.8 Å². The summed E-state index contributed by atoms with van der Waals surface area (Å²) in [5, 5.41) is 8.48. The number of ether oxygens (including phenoxy) is 2. The SMILES string of the molecule is CCCC1OC1(CC)COC(=O)CCCCC(=O)O. The molecule has 1 rings (SSSR count). The van der Waals surface area contributed by atoms with E-state index in [0.29, 0.717) is 19.4 Å². The van der Waals surface area contributed by atoms with E-state index >= 15 is 0 Å². The summed E-state index contributed by atoms with van der Waals surface area (Å²) in [6.07, 6.45) is 4.60. The lowest BCUT2D eigenvalue weighted by Crippen LogP contribution is -2.24. The van der Waals surface area contributed by atoms with E-state index in [9.17, 15) is 9.59 Å². The highest BCUT2D eigenvalue weighted by molar-refractivity contribution is 5.69. The summed E-state index contributed by atoms with van der Waals surface area (Å²) in [6.45, 7) is 4.47. The van der Waals surface area contributed by atoms with E-state index in [2.05, 4.69) is 6.92 Å². The van der Waals surface area contributed by atoms with Gasteiger partial charge < -0.3 is 14.6 Å². The summed E-state index contributed by atoms with van der Waals surface area (Å²) in [7, 11) is 0. The molecule has 0 aromatic heterocycles. The molecule has 1 N–H and O–H groups in total. The molecule has 1 aliphatic rings. The molecule has 5 heteroatoms. The van der Waals surface area contributed by atoms with Crippen LogP contribution in [0.25, 0.3) is 0 Å². The maximum absolute atomic E-state index is 11.5. The molecule has 0 amide bonds. The molecule has 1 fully saturated rings. The molecule has 1 heterocycles. The predicted molar refractivity (Wildman–Crippen MR) is 69.9 cm³/mol. The zero-order chi connectivity index (χ0) is 14.3. The van der Waals surface area contributed by atoms with Gasteiger partial charge in [0.2, 0.25) is 0 Å². The normalized spacial score (nSPS) is 25.1. The van der Waals surface area contributed by atoms with Gasteiger partial charge in [0.1, 0.15) is 12.2 Å². The van der Waals surface area contributed by atoms with Gasteiger partial charge in [0.05, 0.1) is 6.10 Å². The highest BCUT2D eigenvalue weighted by Gasteiger charge is 2.55. The Morgan fingerprint density at radius 2 is 1.95 bits per heavy atom. The van der Waals surface area contributed by atoms with E-state index in [1.165, 1.54) is 0 Å². The van der Waals surface area contributed by atoms with E-state index in [1.807, 2.05) is 6.92 Å². The first-order chi connectivity index (χ1) is 9.04. The molecular formula is C14H24O5. The van der Waals surface area contributed by atoms with E-state index in [-0.39, 0.29) is 30.5 Å². The topological polar surface area (TPSA) is 76.1 Å². The minimum absolute atomic E-state index is 0.105. The lowest BCUT2D eigenvalue weighted by Gasteiger charge is -2.11. The fraction of sp³-hybridized carbons (Fsp3) is 0.857. The van der Waals surface area contributed by atoms with Gasteiger partial charge in [-0.3, -0.25) is 9.59 Å². The van der Waals surface area contributed by atoms with Gasteiger partial charge in [0.25, 0.3) is 0 Å². The van der Waals surface area contributed by atoms with Crippen LogP contribution >= 0.6 is 0 Å². The van der Waals surface area contributed by atoms with Gasteiger partial charge in [-0.15, -0.1) is 0 Å². The molecule has 5 nitrogen and oxygen atoms in total. The number of unbranched alkanes of at least 4 members (excludes halogenated alkanes) is 1. The molecule has 19 heavy (non-hydrogen) atoms. The second-order valence-electron chi connectivity index (χ2n) is 5.08. The maximum atomic E-state index is 11.5. The Bertz CT molecular complexity index is 315. The third kappa shape index (κ3) is 5.19. The highest BCUT2D eigenvalue weighted by Crippen LogP contribution is 2.42. The molecule has 110 valence electrons. The van der Waals surface area contributed by atoms with E-state index in [4.69, 9.17) is 14.6 Å². The molecule has 1 aliphatic heterocycles. The average Bonchev–Trinajstić information content (AvgIpc) is 3.06. The molecule has 0 saturated carbocycles. The van der Waals surface area contributed by atoms with Gasteiger partial charge in [0.15, 0.2) is 0 Å². The summed E-state index contributed by atoms with van der Waals surface area (Å²) >= 11 is 0. The van der Waals surface area contributed by atoms with Gasteiger partial charge in [-0.05, 0) is 25.7 Å². The fourth-order valence-corrected chi connectivity index (χ4v) is 2.19. The van der Waals surface area contributed by atoms with Crippen molar-refractivity contribution in [2.75, 3.05) is 6.61 Å². The van der Waals surface area contributed by atoms with Crippen molar-refractivity contribution in [1.29, 1.82) is 0 Å². The number of rotatable bonds is 10. The van der Waals surface area contributed by atoms with Crippen LogP contribution in [-0.4, -0.2) is 35.4 Å². The molecule has 0 aromatic rings. The summed E-state index contributed by atoms with van der Waals surface area (Å²) in [5.41, 5.74) is -0.257. The quantitative estimate of drug-likeness (QED) is 0.375. The largest absolute Gasteiger partial charge is 0.481 e. The molecule has 2 unspecified atom stereocenters. The summed E-state index contributed by atoms with van der Waals surface area (Å²) in [5.74, 6) is -1.09. The van der Waals surface area contributed by atoms with Crippen molar-refractivity contribution in [3.05, 3.63) is 0 Å². The van der Waals surface area contributed by atoms with Crippen molar-refractivity contribution >= 4 is 11.9 Å². The molecule has 0 aliphatic carbocycles. The number of epoxide rings is 1. The molecule has 1 saturated heterocycles. The van der Waals surface area contributed by atoms with Gasteiger partial charge in [-0.25, -0.2) is 0 Å². The molecule has 0 spiro atoms. The zero-order valence-electron chi connectivity index (χ0n) is 11.8. The third-order valence-electron chi connectivity index (χ3n) is 3.55. The van der Waals surface area contributed by atoms with Crippen molar-refractivity contribution in [3.8, 4) is 0 Å². The molecule has 0 aromatic carbocycles. The Morgan fingerprint density at radius 3 is 2.53 bits per heavy atom. The van der Waals surface area contributed by atoms with Crippen molar-refractivity contribution in [2.45, 2.75) is 70.5 Å². The molecular weight excluding hydrogens is 248 g/mol. The zero-order valence-corrected chi connectivity index (χ0v) is 11.8. The Morgan fingerprint density at radius 1 is 1.26 bits per heavy atom. The second kappa shape index (κ2) is 7.48. The first kappa shape index (κ1) is 16.0. The molecule has 2 atom stereocenters. The van der Waals surface area contributed by atoms with Crippen LogP contribution in [0.1, 0.15) is 58.8 Å². The lowest BCUT2D eigenvalue weighted by molar-refractivity contribution is -0.146. The number of hydrogen-bond acceptors (Lipinski definition) is 4. The number of aliphatic carboxylic acids is 1. The van der Waals surface area contributed by atoms with E-state index in [1.54, 1.807) is 0 Å². The van der Waals surface area contributed by atoms with Gasteiger partial charge in [-0.2, -0.15) is 0 Å². The van der Waals surface area contributed by atoms with Crippen LogP contribution in [-0.2, 0) is 19.1 Å². The van der Waals surface area contributed by atoms with E-state index in [0.717, 1.165) is 19.3 Å². The number of carbonyl (C=O) groups excluding carboxylic acids is 1. The van der Waals surface area contributed by atoms with Crippen LogP contribution in [0.2, 0.25) is 0 Å². The number of carboxylic acids is 1. The van der Waals surface area contributed by atoms with Crippen LogP contribution in [0.15, 0.2) is 0 Å². The lowest BCUT2D eigenvalue weighted by atomic mass is 10.0. The average molecular weight is 272 g/mol. The van der Waals surface area contributed by atoms with Crippen molar-refractivity contribution < 1.29 is 24.2 Å². The van der Waals surface area contributed by atoms with Crippen molar-refractivity contribution in [2.24, 2.45) is 0 Å². The summed E-state index contributed by atoms with van der Waals surface area (Å²) in [6, 6.07) is 0. The summed E-state index contributed by atoms with van der Waals surface area (Å²) in [4.78, 5) is 21.8. The second-order valence-corrected chi connectivity index (χ2v) is 5.08. The maximum Gasteiger partial charge on any atom is 0.305 e. The van der Waals surface area contributed by atoms with Gasteiger partial charge in [-0.1, -0.05) is 20.3 Å². The number of esters is 1. The van der Waals surface area contributed by atoms with Crippen LogP contribution in [0.5, 0.6) is 0 Å². The summed E-state index contributed by atoms with van der Waals surface area (Å²) < 4.78 is 10.9. The number of carboxylic acid groups (broad SMARTS) is 1. The van der Waals surface area contributed by atoms with Crippen LogP contribution in [0.4, 0.5) is 0 Å². The Kier molecular flexibility index (Phi) is 6.28. The third-order valence-corrected chi connectivity index (χ3v) is 3.55. The fourth-order valence-electron chi connectivity index (χ4n) is 2.19. The van der Waals surface area contributed by atoms with Crippen molar-refractivity contribution in [3.63, 3.8) is 0 Å². The minimum atomic E-state index is -0.827. The first-order valence-corrected chi connectivity index (χ1v) is 7.09. The van der Waals surface area contributed by atoms with Crippen molar-refractivity contribution in [1.82, 2.24) is 0 Å². The minimum Gasteiger partial charge on any atom is -0.481 e. The van der Waals surface area contributed by atoms with E-state index < -0.39 is 5.97 Å². The monoisotopic (exact) mass is 272 g/mol.